The van der Waals surface area contributed by atoms with Crippen molar-refractivity contribution in [1.82, 2.24) is 0 Å². The number of methoxy groups -OCH3 is 1. The van der Waals surface area contributed by atoms with Crippen LogP contribution in [0.3, 0.4) is 0 Å². The number of ether oxygens (including phenoxy) is 2. The number of hydrogen-bond donors (Lipinski definition) is 0. The molecule has 0 N–H and O–H groups in total. The maximum absolute atomic E-state index is 11.0. The summed E-state index contributed by atoms with van der Waals surface area (Å²) in [6.45, 7) is 3.55. The van der Waals surface area contributed by atoms with E-state index in [1.807, 2.05) is 6.92 Å². The van der Waals surface area contributed by atoms with E-state index in [1.54, 1.807) is 11.8 Å². The van der Waals surface area contributed by atoms with E-state index in [9.17, 15) is 4.79 Å². The molecule has 4 heteroatoms. The van der Waals surface area contributed by atoms with Crippen LogP contribution in [0.15, 0.2) is 0 Å². The summed E-state index contributed by atoms with van der Waals surface area (Å²) in [4.78, 5) is 11.0. The van der Waals surface area contributed by atoms with Gasteiger partial charge in [0.1, 0.15) is 0 Å². The summed E-state index contributed by atoms with van der Waals surface area (Å²) < 4.78 is 9.63. The first-order valence-corrected chi connectivity index (χ1v) is 5.06. The van der Waals surface area contributed by atoms with Crippen molar-refractivity contribution in [2.75, 3.05) is 26.1 Å². The maximum atomic E-state index is 11.0. The molecule has 0 aromatic rings. The quantitative estimate of drug-likeness (QED) is 0.618. The highest BCUT2D eigenvalue weighted by molar-refractivity contribution is 8.00. The lowest BCUT2D eigenvalue weighted by molar-refractivity contribution is -0.144. The number of thioether (sulfide) groups is 1. The Balaban J connectivity index is 2.08. The lowest BCUT2D eigenvalue weighted by atomic mass is 10.2. The van der Waals surface area contributed by atoms with Gasteiger partial charge in [-0.25, -0.2) is 0 Å². The smallest absolute Gasteiger partial charge is 0.309 e. The SMILES string of the molecule is COC(=O)C(C)CSC1COC1. The third-order valence-electron chi connectivity index (χ3n) is 1.79. The second-order valence-corrected chi connectivity index (χ2v) is 4.25. The minimum absolute atomic E-state index is 0.000556. The second kappa shape index (κ2) is 4.72. The number of esters is 1. The molecule has 1 aliphatic rings. The highest BCUT2D eigenvalue weighted by atomic mass is 32.2. The van der Waals surface area contributed by atoms with Crippen LogP contribution in [0.5, 0.6) is 0 Å². The number of rotatable bonds is 4. The van der Waals surface area contributed by atoms with E-state index in [1.165, 1.54) is 7.11 Å². The molecule has 3 nitrogen and oxygen atoms in total. The number of hydrogen-bond acceptors (Lipinski definition) is 4. The van der Waals surface area contributed by atoms with Gasteiger partial charge < -0.3 is 9.47 Å². The molecule has 1 rings (SSSR count). The Morgan fingerprint density at radius 1 is 1.75 bits per heavy atom. The molecule has 1 saturated heterocycles. The van der Waals surface area contributed by atoms with E-state index in [0.717, 1.165) is 19.0 Å². The van der Waals surface area contributed by atoms with Crippen LogP contribution in [0.2, 0.25) is 0 Å². The summed E-state index contributed by atoms with van der Waals surface area (Å²) in [5.41, 5.74) is 0. The van der Waals surface area contributed by atoms with Gasteiger partial charge in [-0.3, -0.25) is 4.79 Å². The second-order valence-electron chi connectivity index (χ2n) is 2.92. The average Bonchev–Trinajstić information content (AvgIpc) is 2.00. The topological polar surface area (TPSA) is 35.5 Å². The Hall–Kier alpha value is -0.220. The predicted molar refractivity (Wildman–Crippen MR) is 48.2 cm³/mol. The van der Waals surface area contributed by atoms with Gasteiger partial charge >= 0.3 is 5.97 Å². The van der Waals surface area contributed by atoms with Gasteiger partial charge in [-0.15, -0.1) is 0 Å². The van der Waals surface area contributed by atoms with E-state index in [2.05, 4.69) is 4.74 Å². The molecule has 0 aromatic heterocycles. The Morgan fingerprint density at radius 3 is 2.83 bits per heavy atom. The molecule has 0 spiro atoms. The molecule has 0 aliphatic carbocycles. The van der Waals surface area contributed by atoms with Crippen molar-refractivity contribution in [3.05, 3.63) is 0 Å². The van der Waals surface area contributed by atoms with E-state index in [0.29, 0.717) is 5.25 Å². The Kier molecular flexibility index (Phi) is 3.88. The van der Waals surface area contributed by atoms with Crippen LogP contribution in [0.4, 0.5) is 0 Å². The minimum atomic E-state index is -0.122. The average molecular weight is 190 g/mol. The lowest BCUT2D eigenvalue weighted by Crippen LogP contribution is -2.31. The largest absolute Gasteiger partial charge is 0.469 e. The van der Waals surface area contributed by atoms with E-state index < -0.39 is 0 Å². The van der Waals surface area contributed by atoms with Crippen LogP contribution in [0.1, 0.15) is 6.92 Å². The molecule has 0 bridgehead atoms. The molecular weight excluding hydrogens is 176 g/mol. The summed E-state index contributed by atoms with van der Waals surface area (Å²) in [5.74, 6) is 0.712. The summed E-state index contributed by atoms with van der Waals surface area (Å²) in [6.07, 6.45) is 0. The fourth-order valence-corrected chi connectivity index (χ4v) is 1.94. The summed E-state index contributed by atoms with van der Waals surface area (Å²) in [6, 6.07) is 0. The van der Waals surface area contributed by atoms with Gasteiger partial charge in [-0.1, -0.05) is 6.92 Å². The van der Waals surface area contributed by atoms with Crippen molar-refractivity contribution in [2.24, 2.45) is 5.92 Å². The molecule has 70 valence electrons. The van der Waals surface area contributed by atoms with Crippen molar-refractivity contribution in [3.63, 3.8) is 0 Å². The first kappa shape index (κ1) is 9.86. The van der Waals surface area contributed by atoms with Crippen LogP contribution in [-0.2, 0) is 14.3 Å². The number of carbonyl (C=O) groups is 1. The highest BCUT2D eigenvalue weighted by Crippen LogP contribution is 2.21. The van der Waals surface area contributed by atoms with Crippen molar-refractivity contribution in [1.29, 1.82) is 0 Å². The molecule has 0 saturated carbocycles. The zero-order valence-electron chi connectivity index (χ0n) is 7.41. The summed E-state index contributed by atoms with van der Waals surface area (Å²) in [7, 11) is 1.43. The Labute approximate surface area is 76.8 Å². The van der Waals surface area contributed by atoms with Crippen LogP contribution < -0.4 is 0 Å². The molecule has 1 heterocycles. The Morgan fingerprint density at radius 2 is 2.42 bits per heavy atom. The van der Waals surface area contributed by atoms with Crippen molar-refractivity contribution in [2.45, 2.75) is 12.2 Å². The predicted octanol–water partition coefficient (Wildman–Crippen LogP) is 0.927. The van der Waals surface area contributed by atoms with Crippen LogP contribution in [0.25, 0.3) is 0 Å². The fourth-order valence-electron chi connectivity index (χ4n) is 0.860. The molecule has 1 unspecified atom stereocenters. The van der Waals surface area contributed by atoms with Crippen LogP contribution in [-0.4, -0.2) is 37.3 Å². The fraction of sp³-hybridized carbons (Fsp3) is 0.875. The minimum Gasteiger partial charge on any atom is -0.469 e. The standard InChI is InChI=1S/C8H14O3S/c1-6(8(9)10-2)5-12-7-3-11-4-7/h6-7H,3-5H2,1-2H3. The first-order valence-electron chi connectivity index (χ1n) is 4.01. The molecule has 1 atom stereocenters. The van der Waals surface area contributed by atoms with Gasteiger partial charge in [0.25, 0.3) is 0 Å². The van der Waals surface area contributed by atoms with Crippen molar-refractivity contribution >= 4 is 17.7 Å². The molecule has 0 aromatic carbocycles. The zero-order chi connectivity index (χ0) is 8.97. The van der Waals surface area contributed by atoms with Crippen molar-refractivity contribution < 1.29 is 14.3 Å². The summed E-state index contributed by atoms with van der Waals surface area (Å²) in [5, 5.41) is 0.595. The molecule has 0 amide bonds. The van der Waals surface area contributed by atoms with E-state index in [4.69, 9.17) is 4.74 Å². The van der Waals surface area contributed by atoms with Crippen molar-refractivity contribution in [3.8, 4) is 0 Å². The molecule has 1 fully saturated rings. The van der Waals surface area contributed by atoms with Crippen LogP contribution in [0, 0.1) is 5.92 Å². The maximum Gasteiger partial charge on any atom is 0.309 e. The van der Waals surface area contributed by atoms with Gasteiger partial charge in [-0.2, -0.15) is 11.8 Å². The summed E-state index contributed by atoms with van der Waals surface area (Å²) >= 11 is 1.79. The molecule has 0 radical (unpaired) electrons. The van der Waals surface area contributed by atoms with E-state index >= 15 is 0 Å². The van der Waals surface area contributed by atoms with Gasteiger partial charge in [0.05, 0.1) is 31.5 Å². The zero-order valence-corrected chi connectivity index (χ0v) is 8.23. The Bertz CT molecular complexity index is 156. The van der Waals surface area contributed by atoms with Gasteiger partial charge in [0.2, 0.25) is 0 Å². The third-order valence-corrected chi connectivity index (χ3v) is 3.23. The molecular formula is C8H14O3S. The van der Waals surface area contributed by atoms with Gasteiger partial charge in [-0.05, 0) is 0 Å². The molecule has 12 heavy (non-hydrogen) atoms. The highest BCUT2D eigenvalue weighted by Gasteiger charge is 2.21. The number of carbonyl (C=O) groups excluding carboxylic acids is 1. The van der Waals surface area contributed by atoms with Gasteiger partial charge in [0.15, 0.2) is 0 Å². The van der Waals surface area contributed by atoms with E-state index in [-0.39, 0.29) is 11.9 Å². The van der Waals surface area contributed by atoms with Crippen LogP contribution >= 0.6 is 11.8 Å². The molecule has 1 aliphatic heterocycles. The van der Waals surface area contributed by atoms with Gasteiger partial charge in [0, 0.05) is 5.75 Å². The third kappa shape index (κ3) is 2.68. The lowest BCUT2D eigenvalue weighted by Gasteiger charge is -2.25. The normalized spacial score (nSPS) is 19.8. The monoisotopic (exact) mass is 190 g/mol. The first-order chi connectivity index (χ1) is 5.74.